The molecule has 0 bridgehead atoms. The Morgan fingerprint density at radius 1 is 1.14 bits per heavy atom. The van der Waals surface area contributed by atoms with Gasteiger partial charge in [0, 0.05) is 24.7 Å². The molecule has 3 heterocycles. The van der Waals surface area contributed by atoms with Gasteiger partial charge in [0.15, 0.2) is 0 Å². The van der Waals surface area contributed by atoms with E-state index in [0.29, 0.717) is 18.8 Å². The van der Waals surface area contributed by atoms with Crippen LogP contribution < -0.4 is 4.90 Å². The zero-order valence-electron chi connectivity index (χ0n) is 16.1. The average Bonchev–Trinajstić information content (AvgIpc) is 2.83. The van der Waals surface area contributed by atoms with E-state index >= 15 is 0 Å². The Labute approximate surface area is 166 Å². The number of hydrogen-bond acceptors (Lipinski definition) is 5. The second kappa shape index (κ2) is 6.91. The zero-order chi connectivity index (χ0) is 20.8. The van der Waals surface area contributed by atoms with E-state index in [1.807, 2.05) is 13.8 Å². The predicted octanol–water partition coefficient (Wildman–Crippen LogP) is 1.94. The first-order valence-electron chi connectivity index (χ1n) is 9.22. The summed E-state index contributed by atoms with van der Waals surface area (Å²) in [5.74, 6) is -1.20. The van der Waals surface area contributed by atoms with Gasteiger partial charge in [0.1, 0.15) is 23.9 Å². The molecule has 150 valence electrons. The summed E-state index contributed by atoms with van der Waals surface area (Å²) in [6.45, 7) is 4.63. The summed E-state index contributed by atoms with van der Waals surface area (Å²) in [6.07, 6.45) is 2.78. The van der Waals surface area contributed by atoms with Crippen molar-refractivity contribution in [1.29, 1.82) is 0 Å². The fourth-order valence-electron chi connectivity index (χ4n) is 3.86. The van der Waals surface area contributed by atoms with Crippen LogP contribution in [0.3, 0.4) is 0 Å². The molecule has 1 unspecified atom stereocenters. The molecule has 1 aromatic carbocycles. The Morgan fingerprint density at radius 3 is 2.52 bits per heavy atom. The summed E-state index contributed by atoms with van der Waals surface area (Å²) in [5.41, 5.74) is 0.101. The van der Waals surface area contributed by atoms with E-state index in [1.165, 1.54) is 47.8 Å². The molecule has 2 aromatic rings. The highest BCUT2D eigenvalue weighted by Gasteiger charge is 2.50. The number of fused-ring (bicyclic) bond motifs is 1. The zero-order valence-corrected chi connectivity index (χ0v) is 16.1. The highest BCUT2D eigenvalue weighted by atomic mass is 19.1. The second-order valence-corrected chi connectivity index (χ2v) is 8.02. The van der Waals surface area contributed by atoms with Crippen LogP contribution in [0.4, 0.5) is 14.9 Å². The van der Waals surface area contributed by atoms with Gasteiger partial charge in [0.25, 0.3) is 11.8 Å². The third-order valence-corrected chi connectivity index (χ3v) is 5.10. The molecule has 8 nitrogen and oxygen atoms in total. The van der Waals surface area contributed by atoms with Gasteiger partial charge in [-0.1, -0.05) is 13.8 Å². The second-order valence-electron chi connectivity index (χ2n) is 8.02. The quantitative estimate of drug-likeness (QED) is 0.723. The molecule has 2 saturated heterocycles. The van der Waals surface area contributed by atoms with E-state index in [2.05, 4.69) is 9.97 Å². The van der Waals surface area contributed by atoms with Gasteiger partial charge in [0.05, 0.1) is 12.2 Å². The highest BCUT2D eigenvalue weighted by molar-refractivity contribution is 6.21. The van der Waals surface area contributed by atoms with Gasteiger partial charge in [-0.2, -0.15) is 0 Å². The molecule has 4 amide bonds. The predicted molar refractivity (Wildman–Crippen MR) is 101 cm³/mol. The van der Waals surface area contributed by atoms with Crippen LogP contribution in [-0.4, -0.2) is 63.3 Å². The lowest BCUT2D eigenvalue weighted by molar-refractivity contribution is -0.119. The van der Waals surface area contributed by atoms with Crippen LogP contribution in [0.15, 0.2) is 42.9 Å². The highest BCUT2D eigenvalue weighted by Crippen LogP contribution is 2.33. The minimum Gasteiger partial charge on any atom is -0.334 e. The molecule has 1 aromatic heterocycles. The van der Waals surface area contributed by atoms with E-state index < -0.39 is 29.2 Å². The summed E-state index contributed by atoms with van der Waals surface area (Å²) in [5, 5.41) is 0. The summed E-state index contributed by atoms with van der Waals surface area (Å²) in [4.78, 5) is 51.1. The van der Waals surface area contributed by atoms with Crippen LogP contribution >= 0.6 is 0 Å². The number of nitrogens with zero attached hydrogens (tertiary/aromatic N) is 5. The third kappa shape index (κ3) is 3.43. The maximum absolute atomic E-state index is 13.3. The molecule has 0 radical (unpaired) electrons. The van der Waals surface area contributed by atoms with Crippen molar-refractivity contribution < 1.29 is 18.8 Å². The van der Waals surface area contributed by atoms with Crippen LogP contribution in [0, 0.1) is 11.2 Å². The third-order valence-electron chi connectivity index (χ3n) is 5.10. The minimum absolute atomic E-state index is 0.0640. The lowest BCUT2D eigenvalue weighted by atomic mass is 9.92. The molecule has 0 N–H and O–H groups in total. The molecule has 29 heavy (non-hydrogen) atoms. The Hall–Kier alpha value is -3.36. The number of rotatable bonds is 2. The molecule has 4 rings (SSSR count). The van der Waals surface area contributed by atoms with E-state index in [4.69, 9.17) is 0 Å². The molecule has 0 spiro atoms. The number of aromatic nitrogens is 2. The number of carbonyl (C=O) groups excluding carboxylic acids is 3. The van der Waals surface area contributed by atoms with Gasteiger partial charge in [0.2, 0.25) is 0 Å². The van der Waals surface area contributed by atoms with Crippen LogP contribution in [0.25, 0.3) is 0 Å². The topological polar surface area (TPSA) is 86.7 Å². The number of amides is 4. The minimum atomic E-state index is -0.805. The van der Waals surface area contributed by atoms with Crippen molar-refractivity contribution in [2.45, 2.75) is 19.9 Å². The van der Waals surface area contributed by atoms with Gasteiger partial charge in [-0.25, -0.2) is 24.1 Å². The molecular weight excluding hydrogens is 377 g/mol. The van der Waals surface area contributed by atoms with Gasteiger partial charge in [-0.15, -0.1) is 0 Å². The molecule has 0 saturated carbocycles. The van der Waals surface area contributed by atoms with Crippen molar-refractivity contribution in [2.24, 2.45) is 5.41 Å². The van der Waals surface area contributed by atoms with Crippen LogP contribution in [-0.2, 0) is 4.79 Å². The first-order valence-corrected chi connectivity index (χ1v) is 9.22. The lowest BCUT2D eigenvalue weighted by Gasteiger charge is -2.30. The van der Waals surface area contributed by atoms with Crippen molar-refractivity contribution in [1.82, 2.24) is 19.8 Å². The van der Waals surface area contributed by atoms with Crippen LogP contribution in [0.5, 0.6) is 0 Å². The molecular formula is C20H20FN5O3. The molecule has 2 fully saturated rings. The van der Waals surface area contributed by atoms with E-state index in [-0.39, 0.29) is 18.1 Å². The Bertz CT molecular complexity index is 964. The summed E-state index contributed by atoms with van der Waals surface area (Å²) < 4.78 is 13.3. The fraction of sp³-hybridized carbons (Fsp3) is 0.350. The number of hydrogen-bond donors (Lipinski definition) is 0. The number of benzene rings is 1. The van der Waals surface area contributed by atoms with Crippen LogP contribution in [0.2, 0.25) is 0 Å². The molecule has 2 aliphatic heterocycles. The standard InChI is InChI=1S/C20H20FN5O3/c1-20(2)10-24(17(27)15-7-8-22-12-23-15)9-16-18(28)26(19(29)25(16)11-20)14-5-3-13(21)4-6-14/h3-8,12,16H,9-11H2,1-2H3. The first-order chi connectivity index (χ1) is 13.8. The summed E-state index contributed by atoms with van der Waals surface area (Å²) in [6, 6.07) is 5.45. The molecule has 2 aliphatic rings. The Balaban J connectivity index is 1.67. The van der Waals surface area contributed by atoms with Crippen molar-refractivity contribution in [2.75, 3.05) is 24.5 Å². The van der Waals surface area contributed by atoms with Crippen molar-refractivity contribution in [3.63, 3.8) is 0 Å². The smallest absolute Gasteiger partial charge is 0.332 e. The Morgan fingerprint density at radius 2 is 1.86 bits per heavy atom. The van der Waals surface area contributed by atoms with Crippen molar-refractivity contribution >= 4 is 23.5 Å². The fourth-order valence-corrected chi connectivity index (χ4v) is 3.86. The maximum Gasteiger partial charge on any atom is 0.332 e. The van der Waals surface area contributed by atoms with Gasteiger partial charge in [-0.05, 0) is 30.3 Å². The number of imide groups is 1. The van der Waals surface area contributed by atoms with E-state index in [0.717, 1.165) is 4.90 Å². The molecule has 0 aliphatic carbocycles. The Kier molecular flexibility index (Phi) is 4.52. The number of anilines is 1. The van der Waals surface area contributed by atoms with E-state index in [9.17, 15) is 18.8 Å². The van der Waals surface area contributed by atoms with Crippen molar-refractivity contribution in [3.8, 4) is 0 Å². The largest absolute Gasteiger partial charge is 0.334 e. The van der Waals surface area contributed by atoms with Gasteiger partial charge in [-0.3, -0.25) is 9.59 Å². The van der Waals surface area contributed by atoms with E-state index in [1.54, 1.807) is 4.90 Å². The number of carbonyl (C=O) groups is 3. The maximum atomic E-state index is 13.3. The number of urea groups is 1. The summed E-state index contributed by atoms with van der Waals surface area (Å²) >= 11 is 0. The number of halogens is 1. The monoisotopic (exact) mass is 397 g/mol. The molecule has 1 atom stereocenters. The first kappa shape index (κ1) is 19.0. The molecule has 9 heteroatoms. The summed E-state index contributed by atoms with van der Waals surface area (Å²) in [7, 11) is 0. The average molecular weight is 397 g/mol. The van der Waals surface area contributed by atoms with Crippen molar-refractivity contribution in [3.05, 3.63) is 54.4 Å². The van der Waals surface area contributed by atoms with Crippen LogP contribution in [0.1, 0.15) is 24.3 Å². The lowest BCUT2D eigenvalue weighted by Crippen LogP contribution is -2.44. The van der Waals surface area contributed by atoms with Gasteiger partial charge < -0.3 is 9.80 Å². The van der Waals surface area contributed by atoms with Gasteiger partial charge >= 0.3 is 6.03 Å². The SMILES string of the molecule is CC1(C)CN(C(=O)c2ccncn2)CC2C(=O)N(c3ccc(F)cc3)C(=O)N2C1. The normalized spacial score (nSPS) is 21.2.